The Balaban J connectivity index is 2.78. The number of amides is 1. The summed E-state index contributed by atoms with van der Waals surface area (Å²) in [7, 11) is 0. The number of hydrogen-bond donors (Lipinski definition) is 2. The molecule has 0 aliphatic rings. The summed E-state index contributed by atoms with van der Waals surface area (Å²) < 4.78 is 38.9. The number of carbonyl (C=O) groups is 1. The normalized spacial score (nSPS) is 11.8. The highest BCUT2D eigenvalue weighted by Gasteiger charge is 2.35. The zero-order valence-electron chi connectivity index (χ0n) is 11.1. The second-order valence-electron chi connectivity index (χ2n) is 4.55. The first kappa shape index (κ1) is 17.0. The lowest BCUT2D eigenvalue weighted by Gasteiger charge is -2.14. The number of hydrogen-bond acceptors (Lipinski definition) is 2. The van der Waals surface area contributed by atoms with Crippen molar-refractivity contribution >= 4 is 21.8 Å². The lowest BCUT2D eigenvalue weighted by atomic mass is 10.1. The number of carbonyl (C=O) groups excluding carboxylic acids is 1. The Kier molecular flexibility index (Phi) is 6.01. The van der Waals surface area contributed by atoms with Crippen LogP contribution < -0.4 is 10.6 Å². The van der Waals surface area contributed by atoms with E-state index in [1.807, 2.05) is 13.8 Å². The van der Waals surface area contributed by atoms with Crippen LogP contribution in [0.4, 0.5) is 13.2 Å². The average Bonchev–Trinajstić information content (AvgIpc) is 2.33. The molecule has 0 spiro atoms. The van der Waals surface area contributed by atoms with Gasteiger partial charge in [0, 0.05) is 23.6 Å². The fourth-order valence-corrected chi connectivity index (χ4v) is 1.94. The number of benzene rings is 1. The van der Waals surface area contributed by atoms with E-state index >= 15 is 0 Å². The maximum absolute atomic E-state index is 12.9. The molecule has 1 aromatic rings. The lowest BCUT2D eigenvalue weighted by Crippen LogP contribution is -2.35. The number of halogens is 4. The predicted molar refractivity (Wildman–Crippen MR) is 74.6 cm³/mol. The Morgan fingerprint density at radius 1 is 1.30 bits per heavy atom. The van der Waals surface area contributed by atoms with E-state index in [1.54, 1.807) is 0 Å². The first-order valence-corrected chi connectivity index (χ1v) is 6.89. The van der Waals surface area contributed by atoms with Gasteiger partial charge in [-0.25, -0.2) is 0 Å². The van der Waals surface area contributed by atoms with Crippen molar-refractivity contribution in [3.8, 4) is 0 Å². The fraction of sp³-hybridized carbons (Fsp3) is 0.462. The van der Waals surface area contributed by atoms with Crippen molar-refractivity contribution in [3.05, 3.63) is 33.8 Å². The third-order valence-corrected chi connectivity index (χ3v) is 2.99. The molecule has 1 rings (SSSR count). The molecular weight excluding hydrogens is 337 g/mol. The second-order valence-corrected chi connectivity index (χ2v) is 5.47. The van der Waals surface area contributed by atoms with Gasteiger partial charge < -0.3 is 10.6 Å². The minimum Gasteiger partial charge on any atom is -0.351 e. The van der Waals surface area contributed by atoms with E-state index < -0.39 is 17.6 Å². The monoisotopic (exact) mass is 352 g/mol. The van der Waals surface area contributed by atoms with Crippen molar-refractivity contribution in [2.24, 2.45) is 0 Å². The molecule has 0 fully saturated rings. The molecule has 1 aromatic carbocycles. The Labute approximate surface area is 124 Å². The Hall–Kier alpha value is -1.08. The van der Waals surface area contributed by atoms with Crippen LogP contribution in [0.2, 0.25) is 0 Å². The van der Waals surface area contributed by atoms with Crippen LogP contribution in [-0.4, -0.2) is 25.0 Å². The number of rotatable bonds is 5. The molecule has 0 radical (unpaired) electrons. The minimum absolute atomic E-state index is 0.255. The van der Waals surface area contributed by atoms with Crippen LogP contribution in [0.25, 0.3) is 0 Å². The van der Waals surface area contributed by atoms with Crippen molar-refractivity contribution < 1.29 is 18.0 Å². The zero-order valence-corrected chi connectivity index (χ0v) is 12.7. The molecule has 0 saturated carbocycles. The summed E-state index contributed by atoms with van der Waals surface area (Å²) >= 11 is 2.98. The van der Waals surface area contributed by atoms with Crippen molar-refractivity contribution in [2.45, 2.75) is 26.1 Å². The van der Waals surface area contributed by atoms with Gasteiger partial charge in [0.2, 0.25) is 0 Å². The number of alkyl halides is 3. The molecule has 20 heavy (non-hydrogen) atoms. The minimum atomic E-state index is -4.56. The Morgan fingerprint density at radius 2 is 1.95 bits per heavy atom. The SMILES string of the molecule is CC(C)NCCNC(=O)c1ccc(Br)cc1C(F)(F)F. The molecule has 2 N–H and O–H groups in total. The standard InChI is InChI=1S/C13H16BrF3N2O/c1-8(2)18-5-6-19-12(20)10-4-3-9(14)7-11(10)13(15,16)17/h3-4,7-8,18H,5-6H2,1-2H3,(H,19,20). The van der Waals surface area contributed by atoms with E-state index in [9.17, 15) is 18.0 Å². The Morgan fingerprint density at radius 3 is 2.50 bits per heavy atom. The lowest BCUT2D eigenvalue weighted by molar-refractivity contribution is -0.138. The van der Waals surface area contributed by atoms with E-state index in [4.69, 9.17) is 0 Å². The number of nitrogens with one attached hydrogen (secondary N) is 2. The predicted octanol–water partition coefficient (Wildman–Crippen LogP) is 3.20. The van der Waals surface area contributed by atoms with E-state index in [-0.39, 0.29) is 22.6 Å². The molecule has 0 aliphatic carbocycles. The van der Waals surface area contributed by atoms with Gasteiger partial charge in [-0.2, -0.15) is 13.2 Å². The fourth-order valence-electron chi connectivity index (χ4n) is 1.58. The summed E-state index contributed by atoms with van der Waals surface area (Å²) in [5.74, 6) is -0.726. The van der Waals surface area contributed by atoms with Gasteiger partial charge >= 0.3 is 6.18 Å². The third-order valence-electron chi connectivity index (χ3n) is 2.49. The molecular formula is C13H16BrF3N2O. The molecule has 0 atom stereocenters. The van der Waals surface area contributed by atoms with Crippen LogP contribution >= 0.6 is 15.9 Å². The largest absolute Gasteiger partial charge is 0.417 e. The van der Waals surface area contributed by atoms with Gasteiger partial charge in [-0.3, -0.25) is 4.79 Å². The summed E-state index contributed by atoms with van der Waals surface area (Å²) in [5, 5.41) is 5.53. The van der Waals surface area contributed by atoms with Crippen molar-refractivity contribution in [3.63, 3.8) is 0 Å². The molecule has 1 amide bonds. The zero-order chi connectivity index (χ0) is 15.3. The van der Waals surface area contributed by atoms with Gasteiger partial charge in [0.05, 0.1) is 11.1 Å². The van der Waals surface area contributed by atoms with Gasteiger partial charge in [-0.15, -0.1) is 0 Å². The van der Waals surface area contributed by atoms with E-state index in [0.29, 0.717) is 6.54 Å². The van der Waals surface area contributed by atoms with E-state index in [0.717, 1.165) is 12.1 Å². The molecule has 0 aromatic heterocycles. The Bertz CT molecular complexity index is 475. The topological polar surface area (TPSA) is 41.1 Å². The van der Waals surface area contributed by atoms with Gasteiger partial charge in [0.25, 0.3) is 5.91 Å². The summed E-state index contributed by atoms with van der Waals surface area (Å²) in [4.78, 5) is 11.8. The van der Waals surface area contributed by atoms with Gasteiger partial charge in [-0.1, -0.05) is 29.8 Å². The van der Waals surface area contributed by atoms with Crippen molar-refractivity contribution in [1.29, 1.82) is 0 Å². The molecule has 0 unspecified atom stereocenters. The van der Waals surface area contributed by atoms with E-state index in [2.05, 4.69) is 26.6 Å². The summed E-state index contributed by atoms with van der Waals surface area (Å²) in [6.07, 6.45) is -4.56. The smallest absolute Gasteiger partial charge is 0.351 e. The molecule has 3 nitrogen and oxygen atoms in total. The highest BCUT2D eigenvalue weighted by Crippen LogP contribution is 2.33. The first-order chi connectivity index (χ1) is 9.21. The van der Waals surface area contributed by atoms with E-state index in [1.165, 1.54) is 6.07 Å². The van der Waals surface area contributed by atoms with Gasteiger partial charge in [-0.05, 0) is 18.2 Å². The molecule has 0 aliphatic heterocycles. The molecule has 112 valence electrons. The summed E-state index contributed by atoms with van der Waals surface area (Å²) in [6, 6.07) is 3.74. The average molecular weight is 353 g/mol. The molecule has 0 bridgehead atoms. The quantitative estimate of drug-likeness (QED) is 0.799. The maximum Gasteiger partial charge on any atom is 0.417 e. The van der Waals surface area contributed by atoms with Crippen LogP contribution in [0.5, 0.6) is 0 Å². The van der Waals surface area contributed by atoms with Crippen LogP contribution in [0.1, 0.15) is 29.8 Å². The van der Waals surface area contributed by atoms with Crippen molar-refractivity contribution in [2.75, 3.05) is 13.1 Å². The third kappa shape index (κ3) is 5.13. The highest BCUT2D eigenvalue weighted by atomic mass is 79.9. The van der Waals surface area contributed by atoms with Crippen LogP contribution in [0.15, 0.2) is 22.7 Å². The van der Waals surface area contributed by atoms with Crippen LogP contribution in [0, 0.1) is 0 Å². The molecule has 7 heteroatoms. The molecule has 0 saturated heterocycles. The molecule has 0 heterocycles. The van der Waals surface area contributed by atoms with Crippen LogP contribution in [0.3, 0.4) is 0 Å². The van der Waals surface area contributed by atoms with Crippen molar-refractivity contribution in [1.82, 2.24) is 10.6 Å². The van der Waals surface area contributed by atoms with Gasteiger partial charge in [0.15, 0.2) is 0 Å². The maximum atomic E-state index is 12.9. The summed E-state index contributed by atoms with van der Waals surface area (Å²) in [6.45, 7) is 4.66. The van der Waals surface area contributed by atoms with Gasteiger partial charge in [0.1, 0.15) is 0 Å². The summed E-state index contributed by atoms with van der Waals surface area (Å²) in [5.41, 5.74) is -1.31. The highest BCUT2D eigenvalue weighted by molar-refractivity contribution is 9.10. The van der Waals surface area contributed by atoms with Crippen LogP contribution in [-0.2, 0) is 6.18 Å². The first-order valence-electron chi connectivity index (χ1n) is 6.10. The second kappa shape index (κ2) is 7.08.